The van der Waals surface area contributed by atoms with E-state index in [1.54, 1.807) is 0 Å². The summed E-state index contributed by atoms with van der Waals surface area (Å²) in [7, 11) is 0. The van der Waals surface area contributed by atoms with E-state index in [0.717, 1.165) is 56.8 Å². The monoisotopic (exact) mass is 289 g/mol. The number of hydrogen-bond acceptors (Lipinski definition) is 4. The van der Waals surface area contributed by atoms with Gasteiger partial charge in [-0.3, -0.25) is 0 Å². The Balaban J connectivity index is 1.61. The van der Waals surface area contributed by atoms with Gasteiger partial charge in [0.2, 0.25) is 0 Å². The van der Waals surface area contributed by atoms with Gasteiger partial charge < -0.3 is 10.1 Å². The molecule has 4 nitrogen and oxygen atoms in total. The van der Waals surface area contributed by atoms with E-state index in [1.165, 1.54) is 36.2 Å². The summed E-state index contributed by atoms with van der Waals surface area (Å²) < 4.78 is 5.41. The molecule has 2 aliphatic rings. The standard InChI is InChI=1S/C17H27N3O/c1-3-21-9-8-17-19-12(2)15-10-13(4-7-16(15)20-17)11-18-14-5-6-14/h13-14,18H,3-11H2,1-2H3. The van der Waals surface area contributed by atoms with Gasteiger partial charge in [0.05, 0.1) is 6.61 Å². The number of aryl methyl sites for hydroxylation is 2. The van der Waals surface area contributed by atoms with Crippen LogP contribution < -0.4 is 5.32 Å². The molecule has 2 aliphatic carbocycles. The van der Waals surface area contributed by atoms with E-state index in [-0.39, 0.29) is 0 Å². The topological polar surface area (TPSA) is 47.0 Å². The highest BCUT2D eigenvalue weighted by Gasteiger charge is 2.25. The van der Waals surface area contributed by atoms with Gasteiger partial charge in [0, 0.05) is 30.5 Å². The number of fused-ring (bicyclic) bond motifs is 1. The summed E-state index contributed by atoms with van der Waals surface area (Å²) >= 11 is 0. The molecule has 1 aromatic heterocycles. The minimum atomic E-state index is 0.725. The highest BCUT2D eigenvalue weighted by Crippen LogP contribution is 2.27. The zero-order chi connectivity index (χ0) is 14.7. The van der Waals surface area contributed by atoms with Crippen LogP contribution in [-0.2, 0) is 24.0 Å². The highest BCUT2D eigenvalue weighted by atomic mass is 16.5. The molecule has 1 saturated carbocycles. The molecule has 0 aliphatic heterocycles. The summed E-state index contributed by atoms with van der Waals surface area (Å²) in [5.41, 5.74) is 3.88. The van der Waals surface area contributed by atoms with Crippen LogP contribution in [-0.4, -0.2) is 35.8 Å². The zero-order valence-electron chi connectivity index (χ0n) is 13.3. The van der Waals surface area contributed by atoms with Gasteiger partial charge in [-0.05, 0) is 64.0 Å². The van der Waals surface area contributed by atoms with Crippen LogP contribution in [0.1, 0.15) is 49.0 Å². The molecule has 0 aromatic carbocycles. The quantitative estimate of drug-likeness (QED) is 0.782. The van der Waals surface area contributed by atoms with Crippen molar-refractivity contribution >= 4 is 0 Å². The summed E-state index contributed by atoms with van der Waals surface area (Å²) in [4.78, 5) is 9.47. The van der Waals surface area contributed by atoms with Crippen molar-refractivity contribution in [2.45, 2.75) is 58.4 Å². The molecular formula is C17H27N3O. The first-order valence-corrected chi connectivity index (χ1v) is 8.42. The van der Waals surface area contributed by atoms with E-state index in [2.05, 4.69) is 17.2 Å². The molecule has 0 amide bonds. The van der Waals surface area contributed by atoms with Gasteiger partial charge in [-0.25, -0.2) is 9.97 Å². The van der Waals surface area contributed by atoms with Crippen LogP contribution in [0.25, 0.3) is 0 Å². The lowest BCUT2D eigenvalue weighted by Crippen LogP contribution is -2.29. The Morgan fingerprint density at radius 1 is 1.24 bits per heavy atom. The van der Waals surface area contributed by atoms with Crippen molar-refractivity contribution in [1.29, 1.82) is 0 Å². The summed E-state index contributed by atoms with van der Waals surface area (Å²) in [5.74, 6) is 1.71. The van der Waals surface area contributed by atoms with Crippen molar-refractivity contribution < 1.29 is 4.74 Å². The second-order valence-electron chi connectivity index (χ2n) is 6.39. The van der Waals surface area contributed by atoms with Crippen LogP contribution in [0.2, 0.25) is 0 Å². The SMILES string of the molecule is CCOCCc1nc(C)c2c(n1)CCC(CNC1CC1)C2. The maximum absolute atomic E-state index is 5.41. The minimum absolute atomic E-state index is 0.725. The highest BCUT2D eigenvalue weighted by molar-refractivity contribution is 5.28. The second-order valence-corrected chi connectivity index (χ2v) is 6.39. The van der Waals surface area contributed by atoms with E-state index in [9.17, 15) is 0 Å². The molecule has 0 saturated heterocycles. The van der Waals surface area contributed by atoms with Crippen molar-refractivity contribution in [1.82, 2.24) is 15.3 Å². The van der Waals surface area contributed by atoms with Gasteiger partial charge in [-0.15, -0.1) is 0 Å². The van der Waals surface area contributed by atoms with E-state index in [0.29, 0.717) is 0 Å². The van der Waals surface area contributed by atoms with Crippen molar-refractivity contribution in [2.75, 3.05) is 19.8 Å². The third-order valence-electron chi connectivity index (χ3n) is 4.57. The van der Waals surface area contributed by atoms with Crippen LogP contribution in [0.15, 0.2) is 0 Å². The molecule has 116 valence electrons. The Labute approximate surface area is 127 Å². The van der Waals surface area contributed by atoms with Crippen LogP contribution in [0.4, 0.5) is 0 Å². The van der Waals surface area contributed by atoms with Crippen LogP contribution in [0, 0.1) is 12.8 Å². The Bertz CT molecular complexity index is 485. The predicted octanol–water partition coefficient (Wildman–Crippen LogP) is 2.22. The van der Waals surface area contributed by atoms with E-state index in [4.69, 9.17) is 9.72 Å². The first-order valence-electron chi connectivity index (χ1n) is 8.42. The van der Waals surface area contributed by atoms with Crippen molar-refractivity contribution in [3.05, 3.63) is 22.8 Å². The fraction of sp³-hybridized carbons (Fsp3) is 0.765. The molecule has 1 unspecified atom stereocenters. The lowest BCUT2D eigenvalue weighted by molar-refractivity contribution is 0.149. The summed E-state index contributed by atoms with van der Waals surface area (Å²) in [6.07, 6.45) is 7.08. The third kappa shape index (κ3) is 4.01. The third-order valence-corrected chi connectivity index (χ3v) is 4.57. The summed E-state index contributed by atoms with van der Waals surface area (Å²) in [6.45, 7) is 6.81. The zero-order valence-corrected chi connectivity index (χ0v) is 13.3. The van der Waals surface area contributed by atoms with E-state index >= 15 is 0 Å². The second kappa shape index (κ2) is 6.84. The largest absolute Gasteiger partial charge is 0.381 e. The molecule has 4 heteroatoms. The Kier molecular flexibility index (Phi) is 4.86. The molecule has 3 rings (SSSR count). The fourth-order valence-electron chi connectivity index (χ4n) is 3.14. The van der Waals surface area contributed by atoms with Gasteiger partial charge in [-0.1, -0.05) is 0 Å². The molecule has 0 bridgehead atoms. The minimum Gasteiger partial charge on any atom is -0.381 e. The van der Waals surface area contributed by atoms with Crippen molar-refractivity contribution in [2.24, 2.45) is 5.92 Å². The number of rotatable bonds is 7. The van der Waals surface area contributed by atoms with Crippen molar-refractivity contribution in [3.63, 3.8) is 0 Å². The number of nitrogens with one attached hydrogen (secondary N) is 1. The molecule has 1 N–H and O–H groups in total. The van der Waals surface area contributed by atoms with Crippen molar-refractivity contribution in [3.8, 4) is 0 Å². The Hall–Kier alpha value is -1.00. The number of aromatic nitrogens is 2. The smallest absolute Gasteiger partial charge is 0.131 e. The van der Waals surface area contributed by atoms with Crippen LogP contribution in [0.5, 0.6) is 0 Å². The van der Waals surface area contributed by atoms with Gasteiger partial charge in [0.25, 0.3) is 0 Å². The molecule has 1 atom stereocenters. The molecular weight excluding hydrogens is 262 g/mol. The summed E-state index contributed by atoms with van der Waals surface area (Å²) in [5, 5.41) is 3.66. The maximum Gasteiger partial charge on any atom is 0.131 e. The molecule has 1 fully saturated rings. The van der Waals surface area contributed by atoms with Gasteiger partial charge in [0.15, 0.2) is 0 Å². The number of nitrogens with zero attached hydrogens (tertiary/aromatic N) is 2. The normalized spacial score (nSPS) is 21.3. The first kappa shape index (κ1) is 14.9. The predicted molar refractivity (Wildman–Crippen MR) is 83.5 cm³/mol. The molecule has 21 heavy (non-hydrogen) atoms. The lowest BCUT2D eigenvalue weighted by atomic mass is 9.85. The fourth-order valence-corrected chi connectivity index (χ4v) is 3.14. The average Bonchev–Trinajstić information content (AvgIpc) is 3.30. The Morgan fingerprint density at radius 2 is 2.10 bits per heavy atom. The average molecular weight is 289 g/mol. The maximum atomic E-state index is 5.41. The number of hydrogen-bond donors (Lipinski definition) is 1. The number of ether oxygens (including phenoxy) is 1. The van der Waals surface area contributed by atoms with Gasteiger partial charge >= 0.3 is 0 Å². The first-order chi connectivity index (χ1) is 10.3. The van der Waals surface area contributed by atoms with E-state index < -0.39 is 0 Å². The molecule has 1 heterocycles. The van der Waals surface area contributed by atoms with Gasteiger partial charge in [0.1, 0.15) is 5.82 Å². The summed E-state index contributed by atoms with van der Waals surface area (Å²) in [6, 6.07) is 0.810. The van der Waals surface area contributed by atoms with E-state index in [1.807, 2.05) is 6.92 Å². The lowest BCUT2D eigenvalue weighted by Gasteiger charge is -2.25. The molecule has 0 spiro atoms. The Morgan fingerprint density at radius 3 is 2.86 bits per heavy atom. The molecule has 0 radical (unpaired) electrons. The van der Waals surface area contributed by atoms with Gasteiger partial charge in [-0.2, -0.15) is 0 Å². The van der Waals surface area contributed by atoms with Crippen LogP contribution in [0.3, 0.4) is 0 Å². The molecule has 1 aromatic rings. The van der Waals surface area contributed by atoms with Crippen LogP contribution >= 0.6 is 0 Å².